The minimum Gasteiger partial charge on any atom is -0.378 e. The first kappa shape index (κ1) is 18.9. The van der Waals surface area contributed by atoms with Crippen molar-refractivity contribution >= 4 is 38.8 Å². The van der Waals surface area contributed by atoms with E-state index in [2.05, 4.69) is 10.3 Å². The molecule has 0 aliphatic carbocycles. The van der Waals surface area contributed by atoms with Gasteiger partial charge in [0.25, 0.3) is 5.56 Å². The topological polar surface area (TPSA) is 67.2 Å². The lowest BCUT2D eigenvalue weighted by Crippen LogP contribution is -2.27. The van der Waals surface area contributed by atoms with Crippen LogP contribution in [-0.4, -0.2) is 29.6 Å². The van der Waals surface area contributed by atoms with E-state index in [9.17, 15) is 9.59 Å². The van der Waals surface area contributed by atoms with Crippen LogP contribution >= 0.6 is 11.3 Å². The van der Waals surface area contributed by atoms with Crippen LogP contribution in [0, 0.1) is 0 Å². The highest BCUT2D eigenvalue weighted by Gasteiger charge is 2.12. The fourth-order valence-corrected chi connectivity index (χ4v) is 4.01. The molecule has 146 valence electrons. The first-order chi connectivity index (χ1) is 14.0. The number of thiophene rings is 1. The van der Waals surface area contributed by atoms with Gasteiger partial charge in [0.1, 0.15) is 11.4 Å². The van der Waals surface area contributed by atoms with Gasteiger partial charge < -0.3 is 10.2 Å². The third-order valence-corrected chi connectivity index (χ3v) is 5.65. The van der Waals surface area contributed by atoms with Gasteiger partial charge in [-0.1, -0.05) is 30.3 Å². The number of carbonyl (C=O) groups excluding carboxylic acids is 1. The molecule has 0 saturated carbocycles. The zero-order valence-corrected chi connectivity index (χ0v) is 16.9. The first-order valence-corrected chi connectivity index (χ1v) is 9.94. The van der Waals surface area contributed by atoms with Gasteiger partial charge in [0.15, 0.2) is 0 Å². The number of anilines is 2. The Labute approximate surface area is 172 Å². The SMILES string of the molecule is CN(C)c1ccc(NC(=O)Cn2cnc3sc(-c4ccccc4)cc3c2=O)cc1. The monoisotopic (exact) mass is 404 g/mol. The van der Waals surface area contributed by atoms with Gasteiger partial charge in [-0.2, -0.15) is 0 Å². The van der Waals surface area contributed by atoms with Gasteiger partial charge in [0.2, 0.25) is 5.91 Å². The average molecular weight is 404 g/mol. The van der Waals surface area contributed by atoms with Crippen molar-refractivity contribution in [2.75, 3.05) is 24.3 Å². The van der Waals surface area contributed by atoms with Crippen LogP contribution in [0.3, 0.4) is 0 Å². The number of rotatable bonds is 5. The highest BCUT2D eigenvalue weighted by molar-refractivity contribution is 7.21. The Morgan fingerprint density at radius 3 is 2.52 bits per heavy atom. The Kier molecular flexibility index (Phi) is 5.14. The molecule has 2 heterocycles. The summed E-state index contributed by atoms with van der Waals surface area (Å²) in [4.78, 5) is 33.2. The Bertz CT molecular complexity index is 1210. The molecule has 2 aromatic carbocycles. The maximum atomic E-state index is 12.8. The quantitative estimate of drug-likeness (QED) is 0.549. The number of carbonyl (C=O) groups is 1. The molecule has 1 amide bonds. The zero-order chi connectivity index (χ0) is 20.4. The lowest BCUT2D eigenvalue weighted by molar-refractivity contribution is -0.116. The zero-order valence-electron chi connectivity index (χ0n) is 16.1. The molecule has 0 fully saturated rings. The van der Waals surface area contributed by atoms with Crippen LogP contribution in [-0.2, 0) is 11.3 Å². The average Bonchev–Trinajstić information content (AvgIpc) is 3.16. The number of benzene rings is 2. The predicted octanol–water partition coefficient (Wildman–Crippen LogP) is 3.83. The van der Waals surface area contributed by atoms with E-state index in [0.29, 0.717) is 15.9 Å². The van der Waals surface area contributed by atoms with Gasteiger partial charge >= 0.3 is 0 Å². The van der Waals surface area contributed by atoms with E-state index in [1.54, 1.807) is 0 Å². The van der Waals surface area contributed by atoms with Crippen LogP contribution in [0.1, 0.15) is 0 Å². The van der Waals surface area contributed by atoms with Crippen molar-refractivity contribution in [3.8, 4) is 10.4 Å². The van der Waals surface area contributed by atoms with Gasteiger partial charge in [-0.25, -0.2) is 4.98 Å². The van der Waals surface area contributed by atoms with E-state index in [-0.39, 0.29) is 18.0 Å². The van der Waals surface area contributed by atoms with Crippen LogP contribution < -0.4 is 15.8 Å². The fourth-order valence-electron chi connectivity index (χ4n) is 3.02. The summed E-state index contributed by atoms with van der Waals surface area (Å²) in [6, 6.07) is 19.2. The lowest BCUT2D eigenvalue weighted by Gasteiger charge is -2.13. The molecule has 4 aromatic rings. The van der Waals surface area contributed by atoms with E-state index >= 15 is 0 Å². The second-order valence-corrected chi connectivity index (χ2v) is 7.89. The summed E-state index contributed by atoms with van der Waals surface area (Å²) in [6.07, 6.45) is 1.44. The molecule has 0 atom stereocenters. The van der Waals surface area contributed by atoms with Gasteiger partial charge in [-0.05, 0) is 35.9 Å². The van der Waals surface area contributed by atoms with E-state index in [4.69, 9.17) is 0 Å². The van der Waals surface area contributed by atoms with Crippen LogP contribution in [0.5, 0.6) is 0 Å². The maximum Gasteiger partial charge on any atom is 0.262 e. The minimum absolute atomic E-state index is 0.0896. The van der Waals surface area contributed by atoms with Crippen LogP contribution in [0.15, 0.2) is 71.8 Å². The van der Waals surface area contributed by atoms with E-state index in [0.717, 1.165) is 16.1 Å². The minimum atomic E-state index is -0.274. The Balaban J connectivity index is 1.54. The fraction of sp³-hybridized carbons (Fsp3) is 0.136. The van der Waals surface area contributed by atoms with Gasteiger partial charge in [-0.3, -0.25) is 14.2 Å². The number of amides is 1. The summed E-state index contributed by atoms with van der Waals surface area (Å²) >= 11 is 1.47. The molecule has 7 heteroatoms. The predicted molar refractivity (Wildman–Crippen MR) is 119 cm³/mol. The Morgan fingerprint density at radius 1 is 1.10 bits per heavy atom. The lowest BCUT2D eigenvalue weighted by atomic mass is 10.2. The Morgan fingerprint density at radius 2 is 1.83 bits per heavy atom. The normalized spacial score (nSPS) is 10.8. The van der Waals surface area contributed by atoms with Crippen molar-refractivity contribution < 1.29 is 4.79 Å². The number of fused-ring (bicyclic) bond motifs is 1. The summed E-state index contributed by atoms with van der Waals surface area (Å²) < 4.78 is 1.34. The summed E-state index contributed by atoms with van der Waals surface area (Å²) in [5, 5.41) is 3.35. The maximum absolute atomic E-state index is 12.8. The van der Waals surface area contributed by atoms with Crippen LogP contribution in [0.4, 0.5) is 11.4 Å². The molecule has 0 aliphatic heterocycles. The number of nitrogens with one attached hydrogen (secondary N) is 1. The highest BCUT2D eigenvalue weighted by atomic mass is 32.1. The summed E-state index contributed by atoms with van der Waals surface area (Å²) in [7, 11) is 3.91. The molecule has 0 aliphatic rings. The standard InChI is InChI=1S/C22H20N4O2S/c1-25(2)17-10-8-16(9-11-17)24-20(27)13-26-14-23-21-18(22(26)28)12-19(29-21)15-6-4-3-5-7-15/h3-12,14H,13H2,1-2H3,(H,24,27). The summed E-state index contributed by atoms with van der Waals surface area (Å²) in [5.74, 6) is -0.274. The van der Waals surface area contributed by atoms with Gasteiger partial charge in [0.05, 0.1) is 11.7 Å². The van der Waals surface area contributed by atoms with Crippen molar-refractivity contribution in [3.63, 3.8) is 0 Å². The molecule has 0 radical (unpaired) electrons. The smallest absolute Gasteiger partial charge is 0.262 e. The number of aromatic nitrogens is 2. The molecule has 4 rings (SSSR count). The molecule has 0 saturated heterocycles. The molecule has 0 spiro atoms. The second-order valence-electron chi connectivity index (χ2n) is 6.86. The number of nitrogens with zero attached hydrogens (tertiary/aromatic N) is 3. The number of hydrogen-bond donors (Lipinski definition) is 1. The number of hydrogen-bond acceptors (Lipinski definition) is 5. The van der Waals surface area contributed by atoms with Gasteiger partial charge in [-0.15, -0.1) is 11.3 Å². The summed E-state index contributed by atoms with van der Waals surface area (Å²) in [5.41, 5.74) is 2.55. The largest absolute Gasteiger partial charge is 0.378 e. The molecule has 29 heavy (non-hydrogen) atoms. The van der Waals surface area contributed by atoms with Crippen molar-refractivity contribution in [1.29, 1.82) is 0 Å². The molecule has 2 aromatic heterocycles. The van der Waals surface area contributed by atoms with Crippen molar-refractivity contribution in [2.24, 2.45) is 0 Å². The van der Waals surface area contributed by atoms with E-state index in [1.807, 2.05) is 79.7 Å². The summed E-state index contributed by atoms with van der Waals surface area (Å²) in [6.45, 7) is -0.0896. The molecule has 6 nitrogen and oxygen atoms in total. The second kappa shape index (κ2) is 7.89. The van der Waals surface area contributed by atoms with E-state index in [1.165, 1.54) is 22.2 Å². The van der Waals surface area contributed by atoms with E-state index < -0.39 is 0 Å². The molecular weight excluding hydrogens is 384 g/mol. The molecular formula is C22H20N4O2S. The van der Waals surface area contributed by atoms with Crippen LogP contribution in [0.2, 0.25) is 0 Å². The van der Waals surface area contributed by atoms with Crippen molar-refractivity contribution in [2.45, 2.75) is 6.54 Å². The third-order valence-electron chi connectivity index (χ3n) is 4.56. The van der Waals surface area contributed by atoms with Crippen LogP contribution in [0.25, 0.3) is 20.7 Å². The van der Waals surface area contributed by atoms with Gasteiger partial charge in [0, 0.05) is 30.3 Å². The Hall–Kier alpha value is -3.45. The molecule has 0 bridgehead atoms. The first-order valence-electron chi connectivity index (χ1n) is 9.13. The molecule has 0 unspecified atom stereocenters. The third kappa shape index (κ3) is 4.05. The van der Waals surface area contributed by atoms with Crippen molar-refractivity contribution in [1.82, 2.24) is 9.55 Å². The highest BCUT2D eigenvalue weighted by Crippen LogP contribution is 2.30. The molecule has 1 N–H and O–H groups in total. The van der Waals surface area contributed by atoms with Crippen molar-refractivity contribution in [3.05, 3.63) is 77.3 Å².